The number of amides is 2. The molecule has 2 N–H and O–H groups in total. The molecule has 1 fully saturated rings. The maximum absolute atomic E-state index is 13.3. The highest BCUT2D eigenvalue weighted by atomic mass is 32.2. The number of nitrogens with zero attached hydrogens (tertiary/aromatic N) is 1. The van der Waals surface area contributed by atoms with Crippen molar-refractivity contribution in [3.8, 4) is 11.1 Å². The number of sulfonamides is 1. The van der Waals surface area contributed by atoms with Crippen LogP contribution in [0, 0.1) is 0 Å². The molecule has 0 saturated carbocycles. The minimum atomic E-state index is -3.75. The molecule has 2 amide bonds. The van der Waals surface area contributed by atoms with Gasteiger partial charge < -0.3 is 10.2 Å². The highest BCUT2D eigenvalue weighted by Crippen LogP contribution is 2.34. The Morgan fingerprint density at radius 2 is 1.59 bits per heavy atom. The van der Waals surface area contributed by atoms with Crippen LogP contribution in [0.1, 0.15) is 53.4 Å². The van der Waals surface area contributed by atoms with Crippen LogP contribution < -0.4 is 10.0 Å². The van der Waals surface area contributed by atoms with E-state index in [2.05, 4.69) is 30.8 Å². The number of hydrogen-bond donors (Lipinski definition) is 2. The minimum absolute atomic E-state index is 0.0397. The van der Waals surface area contributed by atoms with Crippen LogP contribution in [0.3, 0.4) is 0 Å². The first kappa shape index (κ1) is 29.2. The maximum Gasteiger partial charge on any atom is 0.240 e. The zero-order chi connectivity index (χ0) is 27.1. The largest absolute Gasteiger partial charge is 0.356 e. The number of nitrogens with one attached hydrogen (secondary N) is 2. The highest BCUT2D eigenvalue weighted by Gasteiger charge is 2.39. The number of benzene rings is 2. The van der Waals surface area contributed by atoms with Crippen molar-refractivity contribution in [3.05, 3.63) is 54.6 Å². The molecule has 37 heavy (non-hydrogen) atoms. The minimum Gasteiger partial charge on any atom is -0.356 e. The van der Waals surface area contributed by atoms with Crippen molar-refractivity contribution in [1.29, 1.82) is 0 Å². The quantitative estimate of drug-likeness (QED) is 0.407. The second kappa shape index (κ2) is 12.9. The topological polar surface area (TPSA) is 95.6 Å². The molecule has 0 spiro atoms. The lowest BCUT2D eigenvalue weighted by Gasteiger charge is -2.26. The summed E-state index contributed by atoms with van der Waals surface area (Å²) < 4.78 is 29.4. The van der Waals surface area contributed by atoms with E-state index in [1.807, 2.05) is 42.5 Å². The normalized spacial score (nSPS) is 18.1. The predicted octanol–water partition coefficient (Wildman–Crippen LogP) is 4.44. The van der Waals surface area contributed by atoms with Crippen LogP contribution in [0.15, 0.2) is 59.5 Å². The molecule has 0 radical (unpaired) electrons. The molecular formula is C28H39N3O4S2. The van der Waals surface area contributed by atoms with Crippen LogP contribution >= 0.6 is 11.8 Å². The third kappa shape index (κ3) is 9.16. The zero-order valence-electron chi connectivity index (χ0n) is 22.2. The molecule has 9 heteroatoms. The van der Waals surface area contributed by atoms with Gasteiger partial charge in [-0.25, -0.2) is 13.1 Å². The molecule has 1 heterocycles. The summed E-state index contributed by atoms with van der Waals surface area (Å²) >= 11 is 1.71. The van der Waals surface area contributed by atoms with E-state index >= 15 is 0 Å². The van der Waals surface area contributed by atoms with Crippen LogP contribution in [-0.2, 0) is 19.6 Å². The number of thioether (sulfide) groups is 1. The molecule has 2 atom stereocenters. The standard InChI is InChI=1S/C28H39N3O4S2/c1-21(32)29-18-10-6-9-13-27(33)31-19-25(26(20-31)36-28(2,3)4)30-37(34,35)24-16-14-23(15-17-24)22-11-7-5-8-12-22/h5,7-8,11-12,14-17,25-26,30H,6,9-10,13,18-20H2,1-4H3,(H,29,32)/t25-,26-/m1/s1. The molecule has 0 aliphatic carbocycles. The predicted molar refractivity (Wildman–Crippen MR) is 151 cm³/mol. The fourth-order valence-corrected chi connectivity index (χ4v) is 7.22. The second-order valence-electron chi connectivity index (χ2n) is 10.5. The Balaban J connectivity index is 1.63. The van der Waals surface area contributed by atoms with Gasteiger partial charge in [-0.05, 0) is 36.1 Å². The van der Waals surface area contributed by atoms with E-state index in [4.69, 9.17) is 0 Å². The molecule has 3 rings (SSSR count). The number of carbonyl (C=O) groups is 2. The monoisotopic (exact) mass is 545 g/mol. The summed E-state index contributed by atoms with van der Waals surface area (Å²) in [5.41, 5.74) is 1.98. The van der Waals surface area contributed by atoms with Gasteiger partial charge in [0.25, 0.3) is 0 Å². The first-order valence-electron chi connectivity index (χ1n) is 12.8. The lowest BCUT2D eigenvalue weighted by molar-refractivity contribution is -0.130. The number of unbranched alkanes of at least 4 members (excludes halogenated alkanes) is 2. The Hall–Kier alpha value is -2.36. The Bertz CT molecular complexity index is 1150. The first-order chi connectivity index (χ1) is 17.4. The van der Waals surface area contributed by atoms with Gasteiger partial charge in [-0.1, -0.05) is 69.7 Å². The van der Waals surface area contributed by atoms with E-state index in [-0.39, 0.29) is 32.7 Å². The van der Waals surface area contributed by atoms with Crippen molar-refractivity contribution >= 4 is 33.6 Å². The smallest absolute Gasteiger partial charge is 0.240 e. The highest BCUT2D eigenvalue weighted by molar-refractivity contribution is 8.01. The molecular weight excluding hydrogens is 506 g/mol. The second-order valence-corrected chi connectivity index (χ2v) is 14.3. The van der Waals surface area contributed by atoms with E-state index in [9.17, 15) is 18.0 Å². The summed E-state index contributed by atoms with van der Waals surface area (Å²) in [6.07, 6.45) is 2.86. The average molecular weight is 546 g/mol. The average Bonchev–Trinajstić information content (AvgIpc) is 3.21. The fraction of sp³-hybridized carbons (Fsp3) is 0.500. The van der Waals surface area contributed by atoms with Crippen molar-refractivity contribution in [3.63, 3.8) is 0 Å². The maximum atomic E-state index is 13.3. The van der Waals surface area contributed by atoms with E-state index in [1.54, 1.807) is 28.8 Å². The van der Waals surface area contributed by atoms with E-state index in [1.165, 1.54) is 6.92 Å². The number of rotatable bonds is 11. The third-order valence-corrected chi connectivity index (χ3v) is 9.14. The Labute approximate surface area is 225 Å². The molecule has 1 saturated heterocycles. The first-order valence-corrected chi connectivity index (χ1v) is 15.2. The van der Waals surface area contributed by atoms with Gasteiger partial charge in [-0.2, -0.15) is 0 Å². The van der Waals surface area contributed by atoms with Crippen LogP contribution in [-0.4, -0.2) is 60.8 Å². The summed E-state index contributed by atoms with van der Waals surface area (Å²) in [6.45, 7) is 9.30. The molecule has 0 bridgehead atoms. The van der Waals surface area contributed by atoms with E-state index in [0.717, 1.165) is 30.4 Å². The summed E-state index contributed by atoms with van der Waals surface area (Å²) in [5.74, 6) is 0.00381. The lowest BCUT2D eigenvalue weighted by atomic mass is 10.1. The molecule has 202 valence electrons. The fourth-order valence-electron chi connectivity index (χ4n) is 4.39. The molecule has 7 nitrogen and oxygen atoms in total. The third-order valence-electron chi connectivity index (χ3n) is 6.14. The van der Waals surface area contributed by atoms with Crippen molar-refractivity contribution in [2.45, 2.75) is 74.3 Å². The van der Waals surface area contributed by atoms with Crippen molar-refractivity contribution in [2.75, 3.05) is 19.6 Å². The molecule has 2 aromatic carbocycles. The van der Waals surface area contributed by atoms with Crippen molar-refractivity contribution in [1.82, 2.24) is 14.9 Å². The van der Waals surface area contributed by atoms with Crippen LogP contribution in [0.25, 0.3) is 11.1 Å². The molecule has 1 aliphatic heterocycles. The number of likely N-dealkylation sites (tertiary alicyclic amines) is 1. The summed E-state index contributed by atoms with van der Waals surface area (Å²) in [7, 11) is -3.75. The van der Waals surface area contributed by atoms with Gasteiger partial charge in [0.1, 0.15) is 0 Å². The molecule has 0 unspecified atom stereocenters. The van der Waals surface area contributed by atoms with E-state index < -0.39 is 10.0 Å². The summed E-state index contributed by atoms with van der Waals surface area (Å²) in [6, 6.07) is 16.4. The van der Waals surface area contributed by atoms with Gasteiger partial charge in [0.05, 0.1) is 10.9 Å². The Morgan fingerprint density at radius 3 is 2.22 bits per heavy atom. The van der Waals surface area contributed by atoms with Gasteiger partial charge in [0.15, 0.2) is 0 Å². The van der Waals surface area contributed by atoms with Crippen LogP contribution in [0.2, 0.25) is 0 Å². The molecule has 0 aromatic heterocycles. The van der Waals surface area contributed by atoms with Gasteiger partial charge in [-0.15, -0.1) is 11.8 Å². The Morgan fingerprint density at radius 1 is 0.946 bits per heavy atom. The molecule has 1 aliphatic rings. The van der Waals surface area contributed by atoms with Gasteiger partial charge in [-0.3, -0.25) is 9.59 Å². The SMILES string of the molecule is CC(=O)NCCCCCC(=O)N1C[C@@H](NS(=O)(=O)c2ccc(-c3ccccc3)cc2)[C@H](SC(C)(C)C)C1. The zero-order valence-corrected chi connectivity index (χ0v) is 23.8. The summed E-state index contributed by atoms with van der Waals surface area (Å²) in [5, 5.41) is 2.73. The van der Waals surface area contributed by atoms with Crippen molar-refractivity contribution in [2.24, 2.45) is 0 Å². The van der Waals surface area contributed by atoms with E-state index in [0.29, 0.717) is 26.1 Å². The van der Waals surface area contributed by atoms with Gasteiger partial charge >= 0.3 is 0 Å². The number of carbonyl (C=O) groups excluding carboxylic acids is 2. The van der Waals surface area contributed by atoms with Gasteiger partial charge in [0, 0.05) is 43.0 Å². The molecule has 2 aromatic rings. The van der Waals surface area contributed by atoms with Crippen LogP contribution in [0.5, 0.6) is 0 Å². The van der Waals surface area contributed by atoms with Gasteiger partial charge in [0.2, 0.25) is 21.8 Å². The summed E-state index contributed by atoms with van der Waals surface area (Å²) in [4.78, 5) is 25.9. The number of hydrogen-bond acceptors (Lipinski definition) is 5. The van der Waals surface area contributed by atoms with Crippen LogP contribution in [0.4, 0.5) is 0 Å². The Kier molecular flexibility index (Phi) is 10.2. The van der Waals surface area contributed by atoms with Crippen molar-refractivity contribution < 1.29 is 18.0 Å². The lowest BCUT2D eigenvalue weighted by Crippen LogP contribution is -2.43.